The highest BCUT2D eigenvalue weighted by molar-refractivity contribution is 7.86. The quantitative estimate of drug-likeness (QED) is 0.657. The lowest BCUT2D eigenvalue weighted by molar-refractivity contribution is -0.0887. The summed E-state index contributed by atoms with van der Waals surface area (Å²) in [5.74, 6) is -2.31. The fraction of sp³-hybridized carbons (Fsp3) is 0.222. The van der Waals surface area contributed by atoms with Gasteiger partial charge in [0, 0.05) is 5.56 Å². The molecule has 1 aromatic carbocycles. The topological polar surface area (TPSA) is 71.4 Å². The largest absolute Gasteiger partial charge is 0.454 e. The van der Waals surface area contributed by atoms with Crippen molar-refractivity contribution in [3.05, 3.63) is 29.3 Å². The average Bonchev–Trinajstić information content (AvgIpc) is 2.13. The Bertz CT molecular complexity index is 560. The monoisotopic (exact) mass is 268 g/mol. The van der Waals surface area contributed by atoms with Gasteiger partial charge in [-0.2, -0.15) is 21.6 Å². The van der Waals surface area contributed by atoms with Gasteiger partial charge in [-0.3, -0.25) is 9.35 Å². The van der Waals surface area contributed by atoms with E-state index in [1.165, 1.54) is 13.0 Å². The van der Waals surface area contributed by atoms with Crippen molar-refractivity contribution in [3.8, 4) is 0 Å². The van der Waals surface area contributed by atoms with Crippen molar-refractivity contribution in [1.29, 1.82) is 0 Å². The van der Waals surface area contributed by atoms with E-state index in [9.17, 15) is 26.4 Å². The van der Waals surface area contributed by atoms with Crippen LogP contribution in [0.1, 0.15) is 15.9 Å². The minimum atomic E-state index is -5.20. The van der Waals surface area contributed by atoms with Crippen molar-refractivity contribution < 1.29 is 30.9 Å². The number of rotatable bonds is 2. The first-order valence-corrected chi connectivity index (χ1v) is 5.67. The van der Waals surface area contributed by atoms with Crippen LogP contribution in [0, 0.1) is 6.92 Å². The molecule has 0 aliphatic heterocycles. The Kier molecular flexibility index (Phi) is 3.30. The van der Waals surface area contributed by atoms with Crippen LogP contribution in [0.4, 0.5) is 13.2 Å². The summed E-state index contributed by atoms with van der Waals surface area (Å²) in [5.41, 5.74) is -0.815. The molecule has 0 spiro atoms. The van der Waals surface area contributed by atoms with Crippen LogP contribution in [0.25, 0.3) is 0 Å². The fourth-order valence-electron chi connectivity index (χ4n) is 1.20. The summed E-state index contributed by atoms with van der Waals surface area (Å²) < 4.78 is 67.0. The van der Waals surface area contributed by atoms with Crippen molar-refractivity contribution in [1.82, 2.24) is 0 Å². The lowest BCUT2D eigenvalue weighted by atomic mass is 10.1. The predicted octanol–water partition coefficient (Wildman–Crippen LogP) is 1.99. The van der Waals surface area contributed by atoms with E-state index >= 15 is 0 Å². The minimum absolute atomic E-state index is 0.269. The van der Waals surface area contributed by atoms with Crippen LogP contribution in [0.2, 0.25) is 0 Å². The molecule has 4 nitrogen and oxygen atoms in total. The van der Waals surface area contributed by atoms with Crippen LogP contribution in [0.15, 0.2) is 23.1 Å². The van der Waals surface area contributed by atoms with E-state index in [0.29, 0.717) is 0 Å². The highest BCUT2D eigenvalue weighted by atomic mass is 32.2. The number of alkyl halides is 3. The molecule has 17 heavy (non-hydrogen) atoms. The van der Waals surface area contributed by atoms with Gasteiger partial charge < -0.3 is 0 Å². The van der Waals surface area contributed by atoms with Gasteiger partial charge >= 0.3 is 6.18 Å². The second-order valence-corrected chi connectivity index (χ2v) is 4.69. The maximum Gasteiger partial charge on any atom is 0.454 e. The van der Waals surface area contributed by atoms with E-state index in [1.54, 1.807) is 0 Å². The first kappa shape index (κ1) is 13.7. The van der Waals surface area contributed by atoms with Gasteiger partial charge in [0.15, 0.2) is 0 Å². The molecule has 0 fully saturated rings. The molecule has 0 radical (unpaired) electrons. The lowest BCUT2D eigenvalue weighted by Crippen LogP contribution is -2.25. The Labute approximate surface area is 94.8 Å². The molecule has 0 heterocycles. The number of halogens is 3. The predicted molar refractivity (Wildman–Crippen MR) is 51.4 cm³/mol. The summed E-state index contributed by atoms with van der Waals surface area (Å²) in [7, 11) is -4.88. The van der Waals surface area contributed by atoms with Gasteiger partial charge in [-0.1, -0.05) is 11.6 Å². The Morgan fingerprint density at radius 1 is 1.29 bits per heavy atom. The molecule has 1 rings (SSSR count). The molecule has 1 N–H and O–H groups in total. The van der Waals surface area contributed by atoms with E-state index in [1.807, 2.05) is 0 Å². The maximum atomic E-state index is 12.2. The highest BCUT2D eigenvalue weighted by Crippen LogP contribution is 2.26. The van der Waals surface area contributed by atoms with Crippen LogP contribution in [-0.4, -0.2) is 24.9 Å². The lowest BCUT2D eigenvalue weighted by Gasteiger charge is -2.09. The Balaban J connectivity index is 3.52. The number of benzene rings is 1. The fourth-order valence-corrected chi connectivity index (χ4v) is 1.87. The second kappa shape index (κ2) is 4.11. The minimum Gasteiger partial charge on any atom is -0.284 e. The first-order valence-electron chi connectivity index (χ1n) is 4.23. The summed E-state index contributed by atoms with van der Waals surface area (Å²) >= 11 is 0. The summed E-state index contributed by atoms with van der Waals surface area (Å²) in [6.07, 6.45) is -5.20. The highest BCUT2D eigenvalue weighted by Gasteiger charge is 2.41. The molecule has 1 aromatic rings. The number of hydrogen-bond acceptors (Lipinski definition) is 3. The van der Waals surface area contributed by atoms with E-state index in [4.69, 9.17) is 4.55 Å². The zero-order valence-corrected chi connectivity index (χ0v) is 9.26. The Morgan fingerprint density at radius 2 is 1.82 bits per heavy atom. The summed E-state index contributed by atoms with van der Waals surface area (Å²) in [4.78, 5) is 9.93. The van der Waals surface area contributed by atoms with Crippen molar-refractivity contribution in [3.63, 3.8) is 0 Å². The van der Waals surface area contributed by atoms with Gasteiger partial charge in [0.25, 0.3) is 15.9 Å². The van der Waals surface area contributed by atoms with Gasteiger partial charge in [-0.15, -0.1) is 0 Å². The van der Waals surface area contributed by atoms with Crippen LogP contribution >= 0.6 is 0 Å². The molecule has 0 aromatic heterocycles. The van der Waals surface area contributed by atoms with Crippen molar-refractivity contribution >= 4 is 15.9 Å². The molecule has 0 unspecified atom stereocenters. The number of carbonyl (C=O) groups excluding carboxylic acids is 1. The Hall–Kier alpha value is -1.41. The number of hydrogen-bond donors (Lipinski definition) is 1. The smallest absolute Gasteiger partial charge is 0.284 e. The van der Waals surface area contributed by atoms with Crippen molar-refractivity contribution in [2.24, 2.45) is 0 Å². The molecule has 0 aliphatic rings. The second-order valence-electron chi connectivity index (χ2n) is 3.30. The standard InChI is InChI=1S/C9H7F3O4S/c1-5-2-3-7(17(14,15)16)6(4-5)8(13)9(10,11)12/h2-4H,1H3,(H,14,15,16). The molecular formula is C9H7F3O4S. The normalized spacial score (nSPS) is 12.5. The number of aryl methyl sites for hydroxylation is 1. The van der Waals surface area contributed by atoms with Crippen molar-refractivity contribution in [2.45, 2.75) is 18.0 Å². The molecule has 8 heteroatoms. The molecule has 0 saturated heterocycles. The molecule has 0 aliphatic carbocycles. The number of ketones is 1. The first-order chi connectivity index (χ1) is 7.53. The molecule has 0 amide bonds. The third kappa shape index (κ3) is 3.04. The molecule has 94 valence electrons. The SMILES string of the molecule is Cc1ccc(S(=O)(=O)O)c(C(=O)C(F)(F)F)c1. The van der Waals surface area contributed by atoms with E-state index in [-0.39, 0.29) is 5.56 Å². The van der Waals surface area contributed by atoms with E-state index < -0.39 is 32.5 Å². The van der Waals surface area contributed by atoms with Crippen LogP contribution in [0.3, 0.4) is 0 Å². The van der Waals surface area contributed by atoms with Gasteiger partial charge in [0.2, 0.25) is 0 Å². The zero-order valence-electron chi connectivity index (χ0n) is 8.45. The third-order valence-corrected chi connectivity index (χ3v) is 2.83. The van der Waals surface area contributed by atoms with Crippen molar-refractivity contribution in [2.75, 3.05) is 0 Å². The van der Waals surface area contributed by atoms with Gasteiger partial charge in [-0.05, 0) is 19.1 Å². The van der Waals surface area contributed by atoms with Gasteiger partial charge in [-0.25, -0.2) is 0 Å². The molecule has 0 bridgehead atoms. The van der Waals surface area contributed by atoms with Gasteiger partial charge in [0.05, 0.1) is 0 Å². The van der Waals surface area contributed by atoms with Crippen LogP contribution in [0.5, 0.6) is 0 Å². The van der Waals surface area contributed by atoms with Crippen LogP contribution in [-0.2, 0) is 10.1 Å². The molecular weight excluding hydrogens is 261 g/mol. The average molecular weight is 268 g/mol. The van der Waals surface area contributed by atoms with Gasteiger partial charge in [0.1, 0.15) is 4.90 Å². The van der Waals surface area contributed by atoms with E-state index in [2.05, 4.69) is 0 Å². The molecule has 0 saturated carbocycles. The Morgan fingerprint density at radius 3 is 2.24 bits per heavy atom. The number of carbonyl (C=O) groups is 1. The van der Waals surface area contributed by atoms with E-state index in [0.717, 1.165) is 12.1 Å². The zero-order chi connectivity index (χ0) is 13.4. The maximum absolute atomic E-state index is 12.2. The summed E-state index contributed by atoms with van der Waals surface area (Å²) in [6.45, 7) is 1.39. The van der Waals surface area contributed by atoms with Crippen LogP contribution < -0.4 is 0 Å². The summed E-state index contributed by atoms with van der Waals surface area (Å²) in [5, 5.41) is 0. The third-order valence-electron chi connectivity index (χ3n) is 1.92. The number of Topliss-reactive ketones (excluding diaryl/α,β-unsaturated/α-hetero) is 1. The molecule has 0 atom stereocenters. The summed E-state index contributed by atoms with van der Waals surface area (Å²) in [6, 6.07) is 2.69.